The van der Waals surface area contributed by atoms with Crippen molar-refractivity contribution in [1.29, 1.82) is 0 Å². The standard InChI is InChI=1S/C18H29N3O2S/c1-13-16(24-17(20-13)14-5-2-3-6-14)18(22)21-10-7-15(8-11-21)23-12-4-9-19/h14-15H,2-12,19H2,1H3. The Hall–Kier alpha value is -0.980. The Labute approximate surface area is 148 Å². The van der Waals surface area contributed by atoms with Gasteiger partial charge in [-0.15, -0.1) is 11.3 Å². The Morgan fingerprint density at radius 3 is 2.67 bits per heavy atom. The second kappa shape index (κ2) is 8.41. The minimum Gasteiger partial charge on any atom is -0.378 e. The first-order chi connectivity index (χ1) is 11.7. The van der Waals surface area contributed by atoms with Gasteiger partial charge in [0, 0.05) is 25.6 Å². The van der Waals surface area contributed by atoms with Crippen molar-refractivity contribution in [2.45, 2.75) is 63.9 Å². The van der Waals surface area contributed by atoms with Gasteiger partial charge in [-0.05, 0) is 45.6 Å². The molecule has 2 aliphatic rings. The van der Waals surface area contributed by atoms with E-state index in [1.807, 2.05) is 11.8 Å². The van der Waals surface area contributed by atoms with Gasteiger partial charge in [0.1, 0.15) is 4.88 Å². The summed E-state index contributed by atoms with van der Waals surface area (Å²) in [5, 5.41) is 1.17. The van der Waals surface area contributed by atoms with Crippen LogP contribution in [-0.2, 0) is 4.74 Å². The first-order valence-corrected chi connectivity index (χ1v) is 10.1. The second-order valence-electron chi connectivity index (χ2n) is 6.95. The molecule has 1 aliphatic heterocycles. The molecule has 3 rings (SSSR count). The number of aryl methyl sites for hydroxylation is 1. The number of piperidine rings is 1. The molecule has 24 heavy (non-hydrogen) atoms. The highest BCUT2D eigenvalue weighted by Crippen LogP contribution is 2.37. The van der Waals surface area contributed by atoms with Crippen molar-refractivity contribution in [2.24, 2.45) is 5.73 Å². The molecule has 134 valence electrons. The molecular formula is C18H29N3O2S. The fourth-order valence-corrected chi connectivity index (χ4v) is 4.87. The van der Waals surface area contributed by atoms with Gasteiger partial charge in [-0.1, -0.05) is 12.8 Å². The number of carbonyl (C=O) groups is 1. The lowest BCUT2D eigenvalue weighted by Crippen LogP contribution is -2.41. The Balaban J connectivity index is 1.55. The summed E-state index contributed by atoms with van der Waals surface area (Å²) in [5.41, 5.74) is 6.40. The normalized spacial score (nSPS) is 20.0. The molecule has 1 amide bonds. The molecule has 0 radical (unpaired) electrons. The van der Waals surface area contributed by atoms with Crippen LogP contribution in [-0.4, -0.2) is 48.1 Å². The smallest absolute Gasteiger partial charge is 0.265 e. The van der Waals surface area contributed by atoms with Gasteiger partial charge in [-0.2, -0.15) is 0 Å². The molecule has 2 N–H and O–H groups in total. The zero-order valence-electron chi connectivity index (χ0n) is 14.6. The average molecular weight is 352 g/mol. The lowest BCUT2D eigenvalue weighted by Gasteiger charge is -2.31. The number of thiazole rings is 1. The number of aromatic nitrogens is 1. The topological polar surface area (TPSA) is 68.5 Å². The average Bonchev–Trinajstić information content (AvgIpc) is 3.24. The molecule has 6 heteroatoms. The van der Waals surface area contributed by atoms with Gasteiger partial charge < -0.3 is 15.4 Å². The van der Waals surface area contributed by atoms with E-state index in [0.29, 0.717) is 12.5 Å². The summed E-state index contributed by atoms with van der Waals surface area (Å²) in [4.78, 5) is 20.4. The molecule has 1 saturated heterocycles. The first kappa shape index (κ1) is 17.8. The third-order valence-corrected chi connectivity index (χ3v) is 6.45. The van der Waals surface area contributed by atoms with E-state index in [1.165, 1.54) is 30.7 Å². The van der Waals surface area contributed by atoms with E-state index < -0.39 is 0 Å². The highest BCUT2D eigenvalue weighted by atomic mass is 32.1. The van der Waals surface area contributed by atoms with E-state index in [0.717, 1.165) is 49.5 Å². The van der Waals surface area contributed by atoms with Crippen molar-refractivity contribution in [1.82, 2.24) is 9.88 Å². The summed E-state index contributed by atoms with van der Waals surface area (Å²) in [6.07, 6.45) is 8.07. The van der Waals surface area contributed by atoms with Crippen molar-refractivity contribution in [3.63, 3.8) is 0 Å². The zero-order chi connectivity index (χ0) is 16.9. The highest BCUT2D eigenvalue weighted by molar-refractivity contribution is 7.13. The molecule has 1 aliphatic carbocycles. The van der Waals surface area contributed by atoms with Crippen LogP contribution in [0.1, 0.15) is 71.2 Å². The zero-order valence-corrected chi connectivity index (χ0v) is 15.4. The number of carbonyl (C=O) groups excluding carboxylic acids is 1. The van der Waals surface area contributed by atoms with Crippen LogP contribution in [0.25, 0.3) is 0 Å². The number of nitrogens with two attached hydrogens (primary N) is 1. The van der Waals surface area contributed by atoms with Crippen molar-refractivity contribution in [3.8, 4) is 0 Å². The van der Waals surface area contributed by atoms with Crippen LogP contribution >= 0.6 is 11.3 Å². The van der Waals surface area contributed by atoms with Crippen LogP contribution in [0.2, 0.25) is 0 Å². The lowest BCUT2D eigenvalue weighted by atomic mass is 10.1. The summed E-state index contributed by atoms with van der Waals surface area (Å²) in [5.74, 6) is 0.742. The number of rotatable bonds is 6. The van der Waals surface area contributed by atoms with Gasteiger partial charge in [0.15, 0.2) is 0 Å². The number of likely N-dealkylation sites (tertiary alicyclic amines) is 1. The Morgan fingerprint density at radius 2 is 2.00 bits per heavy atom. The maximum atomic E-state index is 12.9. The van der Waals surface area contributed by atoms with Crippen LogP contribution in [0.5, 0.6) is 0 Å². The maximum Gasteiger partial charge on any atom is 0.265 e. The van der Waals surface area contributed by atoms with E-state index in [4.69, 9.17) is 15.5 Å². The number of amides is 1. The van der Waals surface area contributed by atoms with E-state index in [2.05, 4.69) is 0 Å². The summed E-state index contributed by atoms with van der Waals surface area (Å²) in [6.45, 7) is 4.94. The molecule has 0 bridgehead atoms. The maximum absolute atomic E-state index is 12.9. The Kier molecular flexibility index (Phi) is 6.25. The minimum atomic E-state index is 0.162. The van der Waals surface area contributed by atoms with Crippen LogP contribution in [0.15, 0.2) is 0 Å². The first-order valence-electron chi connectivity index (χ1n) is 9.27. The number of hydrogen-bond donors (Lipinski definition) is 1. The van der Waals surface area contributed by atoms with Crippen molar-refractivity contribution < 1.29 is 9.53 Å². The summed E-state index contributed by atoms with van der Waals surface area (Å²) < 4.78 is 5.82. The van der Waals surface area contributed by atoms with E-state index in [1.54, 1.807) is 11.3 Å². The predicted molar refractivity (Wildman–Crippen MR) is 96.6 cm³/mol. The fourth-order valence-electron chi connectivity index (χ4n) is 3.67. The van der Waals surface area contributed by atoms with E-state index >= 15 is 0 Å². The third-order valence-electron chi connectivity index (χ3n) is 5.14. The quantitative estimate of drug-likeness (QED) is 0.800. The van der Waals surface area contributed by atoms with Crippen molar-refractivity contribution in [2.75, 3.05) is 26.2 Å². The van der Waals surface area contributed by atoms with Crippen LogP contribution < -0.4 is 5.73 Å². The molecule has 0 atom stereocenters. The Morgan fingerprint density at radius 1 is 1.29 bits per heavy atom. The van der Waals surface area contributed by atoms with Crippen LogP contribution in [0.4, 0.5) is 0 Å². The SMILES string of the molecule is Cc1nc(C2CCCC2)sc1C(=O)N1CCC(OCCCN)CC1. The van der Waals surface area contributed by atoms with Gasteiger partial charge in [0.2, 0.25) is 0 Å². The molecular weight excluding hydrogens is 322 g/mol. The molecule has 1 aromatic heterocycles. The third kappa shape index (κ3) is 4.16. The molecule has 2 fully saturated rings. The van der Waals surface area contributed by atoms with Crippen LogP contribution in [0, 0.1) is 6.92 Å². The highest BCUT2D eigenvalue weighted by Gasteiger charge is 2.28. The van der Waals surface area contributed by atoms with Gasteiger partial charge in [-0.25, -0.2) is 4.98 Å². The lowest BCUT2D eigenvalue weighted by molar-refractivity contribution is 0.00855. The largest absolute Gasteiger partial charge is 0.378 e. The fraction of sp³-hybridized carbons (Fsp3) is 0.778. The van der Waals surface area contributed by atoms with Gasteiger partial charge >= 0.3 is 0 Å². The monoisotopic (exact) mass is 351 g/mol. The molecule has 0 aromatic carbocycles. The Bertz CT molecular complexity index is 546. The summed E-state index contributed by atoms with van der Waals surface area (Å²) in [6, 6.07) is 0. The second-order valence-corrected chi connectivity index (χ2v) is 7.98. The van der Waals surface area contributed by atoms with Crippen molar-refractivity contribution >= 4 is 17.2 Å². The molecule has 1 aromatic rings. The van der Waals surface area contributed by atoms with Crippen molar-refractivity contribution in [3.05, 3.63) is 15.6 Å². The number of nitrogens with zero attached hydrogens (tertiary/aromatic N) is 2. The van der Waals surface area contributed by atoms with E-state index in [-0.39, 0.29) is 12.0 Å². The summed E-state index contributed by atoms with van der Waals surface area (Å²) in [7, 11) is 0. The van der Waals surface area contributed by atoms with Gasteiger partial charge in [0.05, 0.1) is 16.8 Å². The minimum absolute atomic E-state index is 0.162. The number of ether oxygens (including phenoxy) is 1. The summed E-state index contributed by atoms with van der Waals surface area (Å²) >= 11 is 1.63. The van der Waals surface area contributed by atoms with Crippen LogP contribution in [0.3, 0.4) is 0 Å². The molecule has 2 heterocycles. The molecule has 5 nitrogen and oxygen atoms in total. The van der Waals surface area contributed by atoms with Gasteiger partial charge in [-0.3, -0.25) is 4.79 Å². The molecule has 1 saturated carbocycles. The van der Waals surface area contributed by atoms with E-state index in [9.17, 15) is 4.79 Å². The molecule has 0 spiro atoms. The van der Waals surface area contributed by atoms with Gasteiger partial charge in [0.25, 0.3) is 5.91 Å². The number of hydrogen-bond acceptors (Lipinski definition) is 5. The predicted octanol–water partition coefficient (Wildman–Crippen LogP) is 3.08. The molecule has 0 unspecified atom stereocenters.